The highest BCUT2D eigenvalue weighted by molar-refractivity contribution is 7.90. The normalized spacial score (nSPS) is 15.4. The van der Waals surface area contributed by atoms with Gasteiger partial charge >= 0.3 is 0 Å². The van der Waals surface area contributed by atoms with Gasteiger partial charge in [-0.05, 0) is 14.1 Å². The van der Waals surface area contributed by atoms with Gasteiger partial charge < -0.3 is 10.6 Å². The first-order valence-corrected chi connectivity index (χ1v) is 5.45. The summed E-state index contributed by atoms with van der Waals surface area (Å²) < 4.78 is 21.4. The molecule has 5 heteroatoms. The van der Waals surface area contributed by atoms with Crippen molar-refractivity contribution in [1.29, 1.82) is 0 Å². The molecular weight excluding hydrogens is 164 g/mol. The first-order chi connectivity index (χ1) is 4.81. The quantitative estimate of drug-likeness (QED) is 0.598. The Labute approximate surface area is 68.3 Å². The molecule has 0 aromatic rings. The van der Waals surface area contributed by atoms with Gasteiger partial charge in [0.1, 0.15) is 9.84 Å². The zero-order valence-corrected chi connectivity index (χ0v) is 8.06. The van der Waals surface area contributed by atoms with E-state index >= 15 is 0 Å². The SMILES string of the molecule is CN(C)CC(N)CS(C)(=O)=O. The van der Waals surface area contributed by atoms with Gasteiger partial charge in [-0.3, -0.25) is 0 Å². The lowest BCUT2D eigenvalue weighted by Gasteiger charge is -2.15. The molecule has 0 aromatic heterocycles. The van der Waals surface area contributed by atoms with Gasteiger partial charge in [0.25, 0.3) is 0 Å². The predicted octanol–water partition coefficient (Wildman–Crippen LogP) is -1.08. The van der Waals surface area contributed by atoms with E-state index in [4.69, 9.17) is 5.73 Å². The summed E-state index contributed by atoms with van der Waals surface area (Å²) >= 11 is 0. The van der Waals surface area contributed by atoms with Crippen LogP contribution in [0.15, 0.2) is 0 Å². The van der Waals surface area contributed by atoms with Crippen molar-refractivity contribution in [2.45, 2.75) is 6.04 Å². The van der Waals surface area contributed by atoms with Gasteiger partial charge in [-0.15, -0.1) is 0 Å². The van der Waals surface area contributed by atoms with Gasteiger partial charge in [0.05, 0.1) is 5.75 Å². The van der Waals surface area contributed by atoms with Crippen LogP contribution in [-0.2, 0) is 9.84 Å². The Morgan fingerprint density at radius 2 is 1.91 bits per heavy atom. The smallest absolute Gasteiger partial charge is 0.149 e. The summed E-state index contributed by atoms with van der Waals surface area (Å²) in [5, 5.41) is 0. The molecule has 0 aliphatic carbocycles. The number of hydrogen-bond donors (Lipinski definition) is 1. The average Bonchev–Trinajstić information content (AvgIpc) is 1.53. The van der Waals surface area contributed by atoms with Crippen LogP contribution in [0.1, 0.15) is 0 Å². The molecule has 0 radical (unpaired) electrons. The number of sulfone groups is 1. The molecule has 68 valence electrons. The van der Waals surface area contributed by atoms with Gasteiger partial charge in [-0.1, -0.05) is 0 Å². The molecule has 0 spiro atoms. The molecule has 1 unspecified atom stereocenters. The lowest BCUT2D eigenvalue weighted by molar-refractivity contribution is 0.383. The summed E-state index contributed by atoms with van der Waals surface area (Å²) in [5.41, 5.74) is 5.54. The summed E-state index contributed by atoms with van der Waals surface area (Å²) in [7, 11) is 0.806. The predicted molar refractivity (Wildman–Crippen MR) is 46.2 cm³/mol. The maximum absolute atomic E-state index is 10.7. The van der Waals surface area contributed by atoms with Gasteiger partial charge in [0.15, 0.2) is 0 Å². The van der Waals surface area contributed by atoms with Crippen molar-refractivity contribution in [3.05, 3.63) is 0 Å². The van der Waals surface area contributed by atoms with Crippen molar-refractivity contribution in [3.63, 3.8) is 0 Å². The highest BCUT2D eigenvalue weighted by Crippen LogP contribution is 1.89. The number of hydrogen-bond acceptors (Lipinski definition) is 4. The first kappa shape index (κ1) is 10.9. The standard InChI is InChI=1S/C6H16N2O2S/c1-8(2)4-6(7)5-11(3,9)10/h6H,4-5,7H2,1-3H3. The molecule has 0 aromatic carbocycles. The van der Waals surface area contributed by atoms with Crippen molar-refractivity contribution >= 4 is 9.84 Å². The fourth-order valence-electron chi connectivity index (χ4n) is 0.911. The topological polar surface area (TPSA) is 63.4 Å². The zero-order chi connectivity index (χ0) is 9.07. The van der Waals surface area contributed by atoms with E-state index in [1.807, 2.05) is 19.0 Å². The molecule has 0 aliphatic rings. The molecule has 0 heterocycles. The molecule has 0 fully saturated rings. The van der Waals surface area contributed by atoms with E-state index in [-0.39, 0.29) is 11.8 Å². The molecule has 0 rings (SSSR count). The second-order valence-corrected chi connectivity index (χ2v) is 5.30. The largest absolute Gasteiger partial charge is 0.326 e. The second kappa shape index (κ2) is 4.04. The van der Waals surface area contributed by atoms with E-state index in [2.05, 4.69) is 0 Å². The second-order valence-electron chi connectivity index (χ2n) is 3.11. The van der Waals surface area contributed by atoms with Crippen molar-refractivity contribution in [2.24, 2.45) is 5.73 Å². The minimum absolute atomic E-state index is 0.0607. The fourth-order valence-corrected chi connectivity index (χ4v) is 1.79. The zero-order valence-electron chi connectivity index (χ0n) is 7.24. The van der Waals surface area contributed by atoms with Crippen LogP contribution < -0.4 is 5.73 Å². The summed E-state index contributed by atoms with van der Waals surface area (Å²) in [6, 6.07) is -0.278. The van der Waals surface area contributed by atoms with Crippen LogP contribution in [0.25, 0.3) is 0 Å². The molecular formula is C6H16N2O2S. The Hall–Kier alpha value is -0.130. The van der Waals surface area contributed by atoms with E-state index in [9.17, 15) is 8.42 Å². The summed E-state index contributed by atoms with van der Waals surface area (Å²) in [5.74, 6) is 0.0607. The lowest BCUT2D eigenvalue weighted by Crippen LogP contribution is -2.38. The molecule has 4 nitrogen and oxygen atoms in total. The molecule has 0 saturated carbocycles. The molecule has 0 aliphatic heterocycles. The van der Waals surface area contributed by atoms with Crippen LogP contribution in [0.4, 0.5) is 0 Å². The Morgan fingerprint density at radius 1 is 1.45 bits per heavy atom. The van der Waals surface area contributed by atoms with Crippen molar-refractivity contribution < 1.29 is 8.42 Å². The Bertz CT molecular complexity index is 199. The Balaban J connectivity index is 3.80. The van der Waals surface area contributed by atoms with E-state index < -0.39 is 9.84 Å². The Morgan fingerprint density at radius 3 is 2.18 bits per heavy atom. The van der Waals surface area contributed by atoms with E-state index in [1.54, 1.807) is 0 Å². The highest BCUT2D eigenvalue weighted by atomic mass is 32.2. The number of nitrogens with zero attached hydrogens (tertiary/aromatic N) is 1. The molecule has 0 saturated heterocycles. The first-order valence-electron chi connectivity index (χ1n) is 3.39. The minimum Gasteiger partial charge on any atom is -0.326 e. The minimum atomic E-state index is -2.92. The third-order valence-electron chi connectivity index (χ3n) is 1.12. The van der Waals surface area contributed by atoms with Gasteiger partial charge in [-0.25, -0.2) is 8.42 Å². The molecule has 1 atom stereocenters. The monoisotopic (exact) mass is 180 g/mol. The van der Waals surface area contributed by atoms with Crippen LogP contribution in [-0.4, -0.2) is 52.0 Å². The van der Waals surface area contributed by atoms with E-state index in [1.165, 1.54) is 6.26 Å². The number of likely N-dealkylation sites (N-methyl/N-ethyl adjacent to an activating group) is 1. The maximum Gasteiger partial charge on any atom is 0.149 e. The van der Waals surface area contributed by atoms with Gasteiger partial charge in [0.2, 0.25) is 0 Å². The fraction of sp³-hybridized carbons (Fsp3) is 1.00. The van der Waals surface area contributed by atoms with E-state index in [0.717, 1.165) is 0 Å². The van der Waals surface area contributed by atoms with E-state index in [0.29, 0.717) is 6.54 Å². The third-order valence-corrected chi connectivity index (χ3v) is 2.15. The summed E-state index contributed by atoms with van der Waals surface area (Å²) in [4.78, 5) is 1.87. The number of rotatable bonds is 4. The third kappa shape index (κ3) is 7.77. The van der Waals surface area contributed by atoms with Crippen LogP contribution in [0.5, 0.6) is 0 Å². The summed E-state index contributed by atoms with van der Waals surface area (Å²) in [6.45, 7) is 0.604. The molecule has 0 amide bonds. The van der Waals surface area contributed by atoms with Crippen LogP contribution >= 0.6 is 0 Å². The van der Waals surface area contributed by atoms with Crippen molar-refractivity contribution in [1.82, 2.24) is 4.90 Å². The molecule has 11 heavy (non-hydrogen) atoms. The van der Waals surface area contributed by atoms with Crippen LogP contribution in [0.3, 0.4) is 0 Å². The van der Waals surface area contributed by atoms with Crippen LogP contribution in [0.2, 0.25) is 0 Å². The maximum atomic E-state index is 10.7. The summed E-state index contributed by atoms with van der Waals surface area (Å²) in [6.07, 6.45) is 1.20. The van der Waals surface area contributed by atoms with Crippen molar-refractivity contribution in [2.75, 3.05) is 32.6 Å². The van der Waals surface area contributed by atoms with Crippen molar-refractivity contribution in [3.8, 4) is 0 Å². The van der Waals surface area contributed by atoms with Gasteiger partial charge in [-0.2, -0.15) is 0 Å². The molecule has 2 N–H and O–H groups in total. The highest BCUT2D eigenvalue weighted by Gasteiger charge is 2.10. The number of nitrogens with two attached hydrogens (primary N) is 1. The molecule has 0 bridgehead atoms. The van der Waals surface area contributed by atoms with Gasteiger partial charge in [0, 0.05) is 18.8 Å². The van der Waals surface area contributed by atoms with Crippen LogP contribution in [0, 0.1) is 0 Å². The Kier molecular flexibility index (Phi) is 3.99. The average molecular weight is 180 g/mol. The lowest BCUT2D eigenvalue weighted by atomic mass is 10.3.